The molecule has 0 unspecified atom stereocenters. The van der Waals surface area contributed by atoms with E-state index in [9.17, 15) is 9.90 Å². The van der Waals surface area contributed by atoms with Gasteiger partial charge in [0, 0.05) is 17.6 Å². The lowest BCUT2D eigenvalue weighted by Gasteiger charge is -2.26. The second kappa shape index (κ2) is 6.55. The SMILES string of the molecule is O=C(NC1CCCC1)c1ccc2c(c1)ncn2C1CCC(O)CC1. The molecule has 5 nitrogen and oxygen atoms in total. The molecule has 128 valence electrons. The van der Waals surface area contributed by atoms with Crippen molar-refractivity contribution in [1.29, 1.82) is 0 Å². The highest BCUT2D eigenvalue weighted by atomic mass is 16.3. The molecular weight excluding hydrogens is 302 g/mol. The lowest BCUT2D eigenvalue weighted by molar-refractivity contribution is 0.0938. The second-order valence-corrected chi connectivity index (χ2v) is 7.27. The number of benzene rings is 1. The first kappa shape index (κ1) is 15.6. The minimum Gasteiger partial charge on any atom is -0.393 e. The van der Waals surface area contributed by atoms with Crippen LogP contribution in [0.1, 0.15) is 67.8 Å². The van der Waals surface area contributed by atoms with Crippen LogP contribution in [0.3, 0.4) is 0 Å². The molecule has 2 aromatic rings. The third-order valence-electron chi connectivity index (χ3n) is 5.59. The molecule has 2 saturated carbocycles. The average Bonchev–Trinajstić information content (AvgIpc) is 3.24. The van der Waals surface area contributed by atoms with Crippen molar-refractivity contribution in [2.45, 2.75) is 69.6 Å². The smallest absolute Gasteiger partial charge is 0.251 e. The normalized spacial score (nSPS) is 25.2. The van der Waals surface area contributed by atoms with Gasteiger partial charge in [0.1, 0.15) is 0 Å². The molecule has 1 amide bonds. The zero-order chi connectivity index (χ0) is 16.5. The number of aliphatic hydroxyl groups is 1. The Morgan fingerprint density at radius 3 is 2.62 bits per heavy atom. The van der Waals surface area contributed by atoms with E-state index in [2.05, 4.69) is 14.9 Å². The largest absolute Gasteiger partial charge is 0.393 e. The number of rotatable bonds is 3. The molecule has 2 fully saturated rings. The first-order valence-corrected chi connectivity index (χ1v) is 9.16. The van der Waals surface area contributed by atoms with Crippen LogP contribution in [0.4, 0.5) is 0 Å². The van der Waals surface area contributed by atoms with Crippen LogP contribution in [0.2, 0.25) is 0 Å². The number of nitrogens with zero attached hydrogens (tertiary/aromatic N) is 2. The van der Waals surface area contributed by atoms with Crippen molar-refractivity contribution in [2.75, 3.05) is 0 Å². The lowest BCUT2D eigenvalue weighted by atomic mass is 9.93. The molecule has 2 N–H and O–H groups in total. The zero-order valence-corrected chi connectivity index (χ0v) is 13.9. The molecule has 2 aliphatic rings. The van der Waals surface area contributed by atoms with E-state index in [1.54, 1.807) is 0 Å². The molecule has 0 atom stereocenters. The lowest BCUT2D eigenvalue weighted by Crippen LogP contribution is -2.32. The Labute approximate surface area is 142 Å². The van der Waals surface area contributed by atoms with Crippen LogP contribution in [0.5, 0.6) is 0 Å². The van der Waals surface area contributed by atoms with E-state index in [4.69, 9.17) is 0 Å². The number of imidazole rings is 1. The minimum absolute atomic E-state index is 0.0131. The van der Waals surface area contributed by atoms with Gasteiger partial charge in [0.15, 0.2) is 0 Å². The molecule has 1 aromatic carbocycles. The highest BCUT2D eigenvalue weighted by molar-refractivity contribution is 5.97. The van der Waals surface area contributed by atoms with Crippen LogP contribution in [0, 0.1) is 0 Å². The molecule has 5 heteroatoms. The maximum Gasteiger partial charge on any atom is 0.251 e. The van der Waals surface area contributed by atoms with Crippen molar-refractivity contribution < 1.29 is 9.90 Å². The number of carbonyl (C=O) groups excluding carboxylic acids is 1. The molecule has 4 rings (SSSR count). The maximum atomic E-state index is 12.4. The number of carbonyl (C=O) groups is 1. The van der Waals surface area contributed by atoms with E-state index < -0.39 is 0 Å². The third kappa shape index (κ3) is 3.05. The van der Waals surface area contributed by atoms with Crippen molar-refractivity contribution in [3.8, 4) is 0 Å². The van der Waals surface area contributed by atoms with E-state index in [1.807, 2.05) is 24.5 Å². The summed E-state index contributed by atoms with van der Waals surface area (Å²) in [6.07, 6.45) is 10.0. The van der Waals surface area contributed by atoms with Crippen LogP contribution >= 0.6 is 0 Å². The van der Waals surface area contributed by atoms with Crippen molar-refractivity contribution in [2.24, 2.45) is 0 Å². The van der Waals surface area contributed by atoms with E-state index >= 15 is 0 Å². The summed E-state index contributed by atoms with van der Waals surface area (Å²) in [5, 5.41) is 12.8. The standard InChI is InChI=1S/C19H25N3O2/c23-16-8-6-15(7-9-16)22-12-20-17-11-13(5-10-18(17)22)19(24)21-14-3-1-2-4-14/h5,10-12,14-16,23H,1-4,6-9H2,(H,21,24). The molecule has 0 saturated heterocycles. The number of amides is 1. The Balaban J connectivity index is 1.53. The monoisotopic (exact) mass is 327 g/mol. The fourth-order valence-electron chi connectivity index (χ4n) is 4.14. The first-order valence-electron chi connectivity index (χ1n) is 9.16. The molecule has 0 bridgehead atoms. The van der Waals surface area contributed by atoms with Crippen molar-refractivity contribution >= 4 is 16.9 Å². The van der Waals surface area contributed by atoms with Gasteiger partial charge in [-0.2, -0.15) is 0 Å². The number of fused-ring (bicyclic) bond motifs is 1. The molecule has 1 heterocycles. The molecule has 24 heavy (non-hydrogen) atoms. The molecule has 0 spiro atoms. The van der Waals surface area contributed by atoms with Crippen LogP contribution in [-0.4, -0.2) is 32.7 Å². The van der Waals surface area contributed by atoms with Gasteiger partial charge in [-0.15, -0.1) is 0 Å². The predicted octanol–water partition coefficient (Wildman–Crippen LogP) is 3.18. The quantitative estimate of drug-likeness (QED) is 0.910. The van der Waals surface area contributed by atoms with Gasteiger partial charge in [-0.1, -0.05) is 12.8 Å². The Kier molecular flexibility index (Phi) is 4.27. The highest BCUT2D eigenvalue weighted by Gasteiger charge is 2.23. The van der Waals surface area contributed by atoms with E-state index in [-0.39, 0.29) is 12.0 Å². The molecule has 0 radical (unpaired) electrons. The highest BCUT2D eigenvalue weighted by Crippen LogP contribution is 2.31. The van der Waals surface area contributed by atoms with Gasteiger partial charge < -0.3 is 15.0 Å². The van der Waals surface area contributed by atoms with Crippen LogP contribution < -0.4 is 5.32 Å². The molecular formula is C19H25N3O2. The maximum absolute atomic E-state index is 12.4. The summed E-state index contributed by atoms with van der Waals surface area (Å²) in [6.45, 7) is 0. The Morgan fingerprint density at radius 1 is 1.12 bits per heavy atom. The fourth-order valence-corrected chi connectivity index (χ4v) is 4.14. The fraction of sp³-hybridized carbons (Fsp3) is 0.579. The van der Waals surface area contributed by atoms with Gasteiger partial charge in [-0.05, 0) is 56.7 Å². The summed E-state index contributed by atoms with van der Waals surface area (Å²) < 4.78 is 2.21. The first-order chi connectivity index (χ1) is 11.7. The summed E-state index contributed by atoms with van der Waals surface area (Å²) in [5.74, 6) is 0.0131. The Hall–Kier alpha value is -1.88. The summed E-state index contributed by atoms with van der Waals surface area (Å²) in [5.41, 5.74) is 2.65. The second-order valence-electron chi connectivity index (χ2n) is 7.27. The number of nitrogens with one attached hydrogen (secondary N) is 1. The van der Waals surface area contributed by atoms with Crippen LogP contribution in [0.25, 0.3) is 11.0 Å². The summed E-state index contributed by atoms with van der Waals surface area (Å²) in [6, 6.07) is 6.55. The summed E-state index contributed by atoms with van der Waals surface area (Å²) in [4.78, 5) is 16.9. The number of hydrogen-bond acceptors (Lipinski definition) is 3. The molecule has 1 aromatic heterocycles. The van der Waals surface area contributed by atoms with Gasteiger partial charge in [0.25, 0.3) is 5.91 Å². The van der Waals surface area contributed by atoms with E-state index in [0.717, 1.165) is 49.6 Å². The van der Waals surface area contributed by atoms with Crippen molar-refractivity contribution in [1.82, 2.24) is 14.9 Å². The van der Waals surface area contributed by atoms with E-state index in [0.29, 0.717) is 17.6 Å². The minimum atomic E-state index is -0.151. The van der Waals surface area contributed by atoms with Gasteiger partial charge in [0.05, 0.1) is 23.5 Å². The molecule has 0 aliphatic heterocycles. The average molecular weight is 327 g/mol. The van der Waals surface area contributed by atoms with Crippen molar-refractivity contribution in [3.05, 3.63) is 30.1 Å². The number of aromatic nitrogens is 2. The summed E-state index contributed by atoms with van der Waals surface area (Å²) >= 11 is 0. The van der Waals surface area contributed by atoms with E-state index in [1.165, 1.54) is 12.8 Å². The molecule has 2 aliphatic carbocycles. The summed E-state index contributed by atoms with van der Waals surface area (Å²) in [7, 11) is 0. The number of hydrogen-bond donors (Lipinski definition) is 2. The van der Waals surface area contributed by atoms with Crippen molar-refractivity contribution in [3.63, 3.8) is 0 Å². The van der Waals surface area contributed by atoms with Gasteiger partial charge >= 0.3 is 0 Å². The van der Waals surface area contributed by atoms with Crippen LogP contribution in [0.15, 0.2) is 24.5 Å². The number of aliphatic hydroxyl groups excluding tert-OH is 1. The van der Waals surface area contributed by atoms with Gasteiger partial charge in [-0.3, -0.25) is 4.79 Å². The van der Waals surface area contributed by atoms with Gasteiger partial charge in [0.2, 0.25) is 0 Å². The topological polar surface area (TPSA) is 67.2 Å². The Bertz CT molecular complexity index is 725. The van der Waals surface area contributed by atoms with Gasteiger partial charge in [-0.25, -0.2) is 4.98 Å². The predicted molar refractivity (Wildman–Crippen MR) is 93.0 cm³/mol. The zero-order valence-electron chi connectivity index (χ0n) is 13.9. The third-order valence-corrected chi connectivity index (χ3v) is 5.59. The Morgan fingerprint density at radius 2 is 1.88 bits per heavy atom. The van der Waals surface area contributed by atoms with Crippen LogP contribution in [-0.2, 0) is 0 Å².